The number of aliphatic hydroxyl groups is 1. The molecule has 0 unspecified atom stereocenters. The monoisotopic (exact) mass is 287 g/mol. The number of aliphatic hydroxyl groups excluding tert-OH is 1. The Bertz CT molecular complexity index is 749. The Balaban J connectivity index is 2.23. The van der Waals surface area contributed by atoms with Crippen molar-refractivity contribution in [2.75, 3.05) is 0 Å². The molecule has 2 heterocycles. The summed E-state index contributed by atoms with van der Waals surface area (Å²) in [7, 11) is 0. The van der Waals surface area contributed by atoms with E-state index in [4.69, 9.17) is 0 Å². The van der Waals surface area contributed by atoms with Gasteiger partial charge < -0.3 is 5.11 Å². The fourth-order valence-corrected chi connectivity index (χ4v) is 2.68. The average molecular weight is 287 g/mol. The van der Waals surface area contributed by atoms with Gasteiger partial charge in [-0.15, -0.1) is 15.3 Å². The van der Waals surface area contributed by atoms with Crippen LogP contribution in [0.2, 0.25) is 0 Å². The van der Waals surface area contributed by atoms with Crippen molar-refractivity contribution in [3.8, 4) is 16.4 Å². The zero-order valence-electron chi connectivity index (χ0n) is 11.1. The van der Waals surface area contributed by atoms with Crippen LogP contribution < -0.4 is 0 Å². The maximum absolute atomic E-state index is 9.49. The lowest BCUT2D eigenvalue weighted by Crippen LogP contribution is -2.01. The number of aromatic nitrogens is 5. The molecule has 2 aromatic heterocycles. The van der Waals surface area contributed by atoms with Crippen LogP contribution in [-0.4, -0.2) is 30.3 Å². The van der Waals surface area contributed by atoms with Crippen LogP contribution in [0.1, 0.15) is 16.3 Å². The van der Waals surface area contributed by atoms with Crippen molar-refractivity contribution in [1.29, 1.82) is 0 Å². The number of aryl methyl sites for hydroxylation is 2. The second kappa shape index (κ2) is 5.10. The van der Waals surface area contributed by atoms with Crippen molar-refractivity contribution in [3.63, 3.8) is 0 Å². The van der Waals surface area contributed by atoms with Gasteiger partial charge in [-0.05, 0) is 19.4 Å². The molecule has 0 saturated heterocycles. The molecular formula is C13H13N5OS. The quantitative estimate of drug-likeness (QED) is 0.796. The van der Waals surface area contributed by atoms with Gasteiger partial charge in [-0.25, -0.2) is 0 Å². The van der Waals surface area contributed by atoms with Gasteiger partial charge in [0, 0.05) is 5.56 Å². The molecule has 3 aromatic rings. The lowest BCUT2D eigenvalue weighted by Gasteiger charge is -2.07. The van der Waals surface area contributed by atoms with Gasteiger partial charge >= 0.3 is 0 Å². The number of rotatable bonds is 3. The van der Waals surface area contributed by atoms with Gasteiger partial charge in [-0.2, -0.15) is 4.68 Å². The maximum atomic E-state index is 9.49. The normalized spacial score (nSPS) is 10.9. The molecule has 0 bridgehead atoms. The van der Waals surface area contributed by atoms with Gasteiger partial charge in [0.2, 0.25) is 5.13 Å². The molecule has 7 heteroatoms. The van der Waals surface area contributed by atoms with Gasteiger partial charge in [0.15, 0.2) is 0 Å². The molecule has 0 spiro atoms. The highest BCUT2D eigenvalue weighted by Gasteiger charge is 2.19. The zero-order valence-corrected chi connectivity index (χ0v) is 11.9. The van der Waals surface area contributed by atoms with E-state index in [2.05, 4.69) is 20.5 Å². The summed E-state index contributed by atoms with van der Waals surface area (Å²) < 4.78 is 1.64. The third-order valence-corrected chi connectivity index (χ3v) is 3.80. The highest BCUT2D eigenvalue weighted by molar-refractivity contribution is 7.13. The van der Waals surface area contributed by atoms with Crippen LogP contribution in [0.25, 0.3) is 16.4 Å². The maximum Gasteiger partial charge on any atom is 0.234 e. The molecule has 0 fully saturated rings. The highest BCUT2D eigenvalue weighted by Crippen LogP contribution is 2.28. The van der Waals surface area contributed by atoms with E-state index in [1.165, 1.54) is 11.3 Å². The summed E-state index contributed by atoms with van der Waals surface area (Å²) >= 11 is 1.44. The van der Waals surface area contributed by atoms with Crippen molar-refractivity contribution >= 4 is 11.3 Å². The number of hydrogen-bond acceptors (Lipinski definition) is 6. The average Bonchev–Trinajstić information content (AvgIpc) is 3.05. The van der Waals surface area contributed by atoms with E-state index in [0.717, 1.165) is 21.8 Å². The minimum atomic E-state index is -0.165. The lowest BCUT2D eigenvalue weighted by atomic mass is 10.0. The molecule has 0 radical (unpaired) electrons. The highest BCUT2D eigenvalue weighted by atomic mass is 32.1. The largest absolute Gasteiger partial charge is 0.390 e. The third kappa shape index (κ3) is 2.10. The predicted octanol–water partition coefficient (Wildman–Crippen LogP) is 1.89. The van der Waals surface area contributed by atoms with Gasteiger partial charge in [-0.3, -0.25) is 0 Å². The Morgan fingerprint density at radius 2 is 1.95 bits per heavy atom. The van der Waals surface area contributed by atoms with Crippen LogP contribution >= 0.6 is 11.3 Å². The molecule has 0 atom stereocenters. The van der Waals surface area contributed by atoms with Gasteiger partial charge in [0.1, 0.15) is 16.4 Å². The second-order valence-corrected chi connectivity index (χ2v) is 5.53. The van der Waals surface area contributed by atoms with E-state index in [1.54, 1.807) is 4.68 Å². The Labute approximate surface area is 119 Å². The van der Waals surface area contributed by atoms with Gasteiger partial charge in [0.05, 0.1) is 6.61 Å². The van der Waals surface area contributed by atoms with Crippen LogP contribution in [-0.2, 0) is 6.61 Å². The molecule has 102 valence electrons. The first-order chi connectivity index (χ1) is 9.70. The van der Waals surface area contributed by atoms with Crippen LogP contribution in [0, 0.1) is 13.8 Å². The van der Waals surface area contributed by atoms with Gasteiger partial charge in [-0.1, -0.05) is 40.8 Å². The van der Waals surface area contributed by atoms with Crippen molar-refractivity contribution in [3.05, 3.63) is 40.5 Å². The Hall–Kier alpha value is -2.12. The van der Waals surface area contributed by atoms with Crippen LogP contribution in [0.5, 0.6) is 0 Å². The van der Waals surface area contributed by atoms with Gasteiger partial charge in [0.25, 0.3) is 0 Å². The smallest absolute Gasteiger partial charge is 0.234 e. The summed E-state index contributed by atoms with van der Waals surface area (Å²) in [6.45, 7) is 3.74. The van der Waals surface area contributed by atoms with Crippen molar-refractivity contribution in [2.24, 2.45) is 0 Å². The molecule has 0 amide bonds. The topological polar surface area (TPSA) is 76.7 Å². The Kier molecular flexibility index (Phi) is 3.29. The van der Waals surface area contributed by atoms with E-state index in [9.17, 15) is 5.11 Å². The van der Waals surface area contributed by atoms with Crippen LogP contribution in [0.15, 0.2) is 24.3 Å². The Morgan fingerprint density at radius 3 is 2.60 bits per heavy atom. The van der Waals surface area contributed by atoms with Crippen LogP contribution in [0.4, 0.5) is 0 Å². The van der Waals surface area contributed by atoms with E-state index < -0.39 is 0 Å². The summed E-state index contributed by atoms with van der Waals surface area (Å²) in [4.78, 5) is 0. The Morgan fingerprint density at radius 1 is 1.15 bits per heavy atom. The third-order valence-electron chi connectivity index (χ3n) is 2.99. The van der Waals surface area contributed by atoms with Crippen molar-refractivity contribution < 1.29 is 5.11 Å². The first kappa shape index (κ1) is 12.9. The predicted molar refractivity (Wildman–Crippen MR) is 75.7 cm³/mol. The first-order valence-electron chi connectivity index (χ1n) is 6.12. The number of hydrogen-bond donors (Lipinski definition) is 1. The number of benzene rings is 1. The molecule has 20 heavy (non-hydrogen) atoms. The lowest BCUT2D eigenvalue weighted by molar-refractivity contribution is 0.277. The SMILES string of the molecule is Cc1nnc(-n2nnc(CO)c2-c2ccccc2C)s1. The van der Waals surface area contributed by atoms with E-state index >= 15 is 0 Å². The molecule has 6 nitrogen and oxygen atoms in total. The standard InChI is InChI=1S/C13H13N5OS/c1-8-5-3-4-6-10(8)12-11(7-19)15-17-18(12)13-16-14-9(2)20-13/h3-6,19H,7H2,1-2H3. The first-order valence-corrected chi connectivity index (χ1v) is 6.94. The zero-order chi connectivity index (χ0) is 14.1. The molecule has 3 rings (SSSR count). The molecular weight excluding hydrogens is 274 g/mol. The summed E-state index contributed by atoms with van der Waals surface area (Å²) in [6, 6.07) is 7.92. The number of nitrogens with zero attached hydrogens (tertiary/aromatic N) is 5. The second-order valence-electron chi connectivity index (χ2n) is 4.37. The summed E-state index contributed by atoms with van der Waals surface area (Å²) in [5.41, 5.74) is 3.37. The minimum Gasteiger partial charge on any atom is -0.390 e. The minimum absolute atomic E-state index is 0.165. The summed E-state index contributed by atoms with van der Waals surface area (Å²) in [5.74, 6) is 0. The molecule has 0 aliphatic rings. The molecule has 0 saturated carbocycles. The molecule has 0 aliphatic heterocycles. The molecule has 0 aliphatic carbocycles. The van der Waals surface area contributed by atoms with Crippen molar-refractivity contribution in [2.45, 2.75) is 20.5 Å². The fraction of sp³-hybridized carbons (Fsp3) is 0.231. The van der Waals surface area contributed by atoms with Crippen LogP contribution in [0.3, 0.4) is 0 Å². The molecule has 1 aromatic carbocycles. The van der Waals surface area contributed by atoms with Crippen molar-refractivity contribution in [1.82, 2.24) is 25.2 Å². The van der Waals surface area contributed by atoms with E-state index in [0.29, 0.717) is 10.8 Å². The van der Waals surface area contributed by atoms with E-state index in [-0.39, 0.29) is 6.61 Å². The fourth-order valence-electron chi connectivity index (χ4n) is 2.03. The summed E-state index contributed by atoms with van der Waals surface area (Å²) in [5, 5.41) is 27.2. The summed E-state index contributed by atoms with van der Waals surface area (Å²) in [6.07, 6.45) is 0. The molecule has 1 N–H and O–H groups in total. The van der Waals surface area contributed by atoms with E-state index in [1.807, 2.05) is 38.1 Å².